The van der Waals surface area contributed by atoms with Crippen molar-refractivity contribution >= 4 is 23.0 Å². The first kappa shape index (κ1) is 18.9. The molecular formula is C24H31N3O2S. The number of ether oxygens (including phenoxy) is 2. The summed E-state index contributed by atoms with van der Waals surface area (Å²) in [5.41, 5.74) is 2.63. The van der Waals surface area contributed by atoms with E-state index in [1.54, 1.807) is 5.57 Å². The van der Waals surface area contributed by atoms with Gasteiger partial charge in [0.15, 0.2) is 16.6 Å². The fraction of sp³-hybridized carbons (Fsp3) is 0.625. The molecule has 0 aromatic heterocycles. The van der Waals surface area contributed by atoms with Gasteiger partial charge in [0, 0.05) is 30.9 Å². The van der Waals surface area contributed by atoms with Crippen LogP contribution in [-0.2, 0) is 0 Å². The molecule has 4 aliphatic heterocycles. The van der Waals surface area contributed by atoms with Gasteiger partial charge < -0.3 is 19.7 Å². The molecule has 4 heterocycles. The molecule has 3 saturated heterocycles. The summed E-state index contributed by atoms with van der Waals surface area (Å²) in [4.78, 5) is 5.27. The lowest BCUT2D eigenvalue weighted by Gasteiger charge is -2.55. The van der Waals surface area contributed by atoms with Gasteiger partial charge >= 0.3 is 0 Å². The molecule has 0 saturated carbocycles. The molecule has 1 N–H and O–H groups in total. The molecule has 4 atom stereocenters. The van der Waals surface area contributed by atoms with Crippen LogP contribution in [0.15, 0.2) is 29.8 Å². The fourth-order valence-corrected chi connectivity index (χ4v) is 6.84. The second-order valence-electron chi connectivity index (χ2n) is 9.49. The number of hydrogen-bond acceptors (Lipinski definition) is 4. The largest absolute Gasteiger partial charge is 0.486 e. The Balaban J connectivity index is 1.23. The first-order valence-electron chi connectivity index (χ1n) is 11.7. The standard InChI is InChI=1S/C24H31N3O2S/c30-24(25-19-6-7-21-22(14-19)29-11-10-28-21)27-9-3-4-16-12-17-13-18(23(16)27)15-26-8-2-1-5-20(17)26/h6-7,12,14,17-18,20,23H,1-5,8-11,13,15H2,(H,25,30)/t17-,18+,20+,23+/m0/s1. The first-order chi connectivity index (χ1) is 14.8. The number of rotatable bonds is 1. The van der Waals surface area contributed by atoms with E-state index in [-0.39, 0.29) is 0 Å². The highest BCUT2D eigenvalue weighted by Crippen LogP contribution is 2.45. The Kier molecular flexibility index (Phi) is 4.87. The molecule has 160 valence electrons. The maximum absolute atomic E-state index is 5.94. The molecule has 6 rings (SSSR count). The lowest BCUT2D eigenvalue weighted by atomic mass is 9.68. The molecule has 1 aliphatic carbocycles. The Bertz CT molecular complexity index is 872. The summed E-state index contributed by atoms with van der Waals surface area (Å²) in [7, 11) is 0. The second-order valence-corrected chi connectivity index (χ2v) is 9.88. The minimum absolute atomic E-state index is 0.468. The summed E-state index contributed by atoms with van der Waals surface area (Å²) in [5.74, 6) is 3.08. The minimum atomic E-state index is 0.468. The highest BCUT2D eigenvalue weighted by atomic mass is 32.1. The van der Waals surface area contributed by atoms with Crippen LogP contribution in [-0.4, -0.2) is 59.8 Å². The van der Waals surface area contributed by atoms with Gasteiger partial charge in [-0.05, 0) is 74.8 Å². The fourth-order valence-electron chi connectivity index (χ4n) is 6.52. The van der Waals surface area contributed by atoms with Gasteiger partial charge in [0.05, 0.1) is 6.04 Å². The van der Waals surface area contributed by atoms with Crippen LogP contribution in [0, 0.1) is 11.8 Å². The summed E-state index contributed by atoms with van der Waals surface area (Å²) in [6.07, 6.45) is 10.6. The number of piperidine rings is 3. The third kappa shape index (κ3) is 3.28. The SMILES string of the molecule is S=C(Nc1ccc2c(c1)OCCO2)N1CCCC2=C[C@H]3C[C@H](CN4CCCC[C@H]34)[C@@H]21. The van der Waals surface area contributed by atoms with Crippen molar-refractivity contribution < 1.29 is 9.47 Å². The minimum Gasteiger partial charge on any atom is -0.486 e. The Morgan fingerprint density at radius 3 is 2.90 bits per heavy atom. The van der Waals surface area contributed by atoms with Crippen molar-refractivity contribution in [2.24, 2.45) is 11.8 Å². The number of likely N-dealkylation sites (tertiary alicyclic amines) is 1. The average Bonchev–Trinajstić information content (AvgIpc) is 2.78. The van der Waals surface area contributed by atoms with Gasteiger partial charge in [-0.3, -0.25) is 4.90 Å². The van der Waals surface area contributed by atoms with Gasteiger partial charge in [-0.2, -0.15) is 0 Å². The zero-order valence-corrected chi connectivity index (χ0v) is 18.3. The maximum Gasteiger partial charge on any atom is 0.173 e. The second kappa shape index (κ2) is 7.72. The van der Waals surface area contributed by atoms with Crippen LogP contribution < -0.4 is 14.8 Å². The Hall–Kier alpha value is -1.79. The van der Waals surface area contributed by atoms with Gasteiger partial charge in [0.1, 0.15) is 13.2 Å². The quantitative estimate of drug-likeness (QED) is 0.540. The van der Waals surface area contributed by atoms with Crippen molar-refractivity contribution in [3.05, 3.63) is 29.8 Å². The van der Waals surface area contributed by atoms with Crippen molar-refractivity contribution in [2.45, 2.75) is 50.6 Å². The molecule has 1 aromatic carbocycles. The number of benzene rings is 1. The van der Waals surface area contributed by atoms with Crippen LogP contribution in [0.2, 0.25) is 0 Å². The molecule has 0 amide bonds. The van der Waals surface area contributed by atoms with Gasteiger partial charge in [-0.1, -0.05) is 18.1 Å². The number of fused-ring (bicyclic) bond motifs is 7. The van der Waals surface area contributed by atoms with Crippen LogP contribution in [0.5, 0.6) is 11.5 Å². The molecule has 0 unspecified atom stereocenters. The third-order valence-corrected chi connectivity index (χ3v) is 8.05. The van der Waals surface area contributed by atoms with E-state index in [0.29, 0.717) is 25.2 Å². The number of nitrogens with one attached hydrogen (secondary N) is 1. The third-order valence-electron chi connectivity index (χ3n) is 7.71. The first-order valence-corrected chi connectivity index (χ1v) is 12.1. The summed E-state index contributed by atoms with van der Waals surface area (Å²) in [6, 6.07) is 7.29. The molecule has 30 heavy (non-hydrogen) atoms. The summed E-state index contributed by atoms with van der Waals surface area (Å²) in [5, 5.41) is 4.35. The van der Waals surface area contributed by atoms with E-state index in [2.05, 4.69) is 21.2 Å². The van der Waals surface area contributed by atoms with Crippen LogP contribution in [0.3, 0.4) is 0 Å². The van der Waals surface area contributed by atoms with Gasteiger partial charge in [-0.25, -0.2) is 0 Å². The highest BCUT2D eigenvalue weighted by Gasteiger charge is 2.46. The Labute approximate surface area is 184 Å². The highest BCUT2D eigenvalue weighted by molar-refractivity contribution is 7.80. The normalized spacial score (nSPS) is 32.5. The van der Waals surface area contributed by atoms with Gasteiger partial charge in [0.25, 0.3) is 0 Å². The van der Waals surface area contributed by atoms with Crippen molar-refractivity contribution in [1.29, 1.82) is 0 Å². The topological polar surface area (TPSA) is 37.0 Å². The molecule has 5 aliphatic rings. The Morgan fingerprint density at radius 1 is 1.07 bits per heavy atom. The van der Waals surface area contributed by atoms with E-state index in [1.165, 1.54) is 51.6 Å². The zero-order chi connectivity index (χ0) is 20.1. The number of thiocarbonyl (C=S) groups is 1. The molecule has 3 fully saturated rings. The van der Waals surface area contributed by atoms with Gasteiger partial charge in [0.2, 0.25) is 0 Å². The molecule has 0 radical (unpaired) electrons. The average molecular weight is 426 g/mol. The van der Waals surface area contributed by atoms with Gasteiger partial charge in [-0.15, -0.1) is 0 Å². The molecule has 2 bridgehead atoms. The van der Waals surface area contributed by atoms with Crippen LogP contribution in [0.25, 0.3) is 0 Å². The maximum atomic E-state index is 5.94. The summed E-state index contributed by atoms with van der Waals surface area (Å²) < 4.78 is 11.4. The number of anilines is 1. The van der Waals surface area contributed by atoms with E-state index < -0.39 is 0 Å². The van der Waals surface area contributed by atoms with E-state index in [9.17, 15) is 0 Å². The van der Waals surface area contributed by atoms with Crippen LogP contribution >= 0.6 is 12.2 Å². The molecule has 6 heteroatoms. The monoisotopic (exact) mass is 425 g/mol. The smallest absolute Gasteiger partial charge is 0.173 e. The molecule has 5 nitrogen and oxygen atoms in total. The summed E-state index contributed by atoms with van der Waals surface area (Å²) >= 11 is 5.94. The predicted molar refractivity (Wildman–Crippen MR) is 122 cm³/mol. The van der Waals surface area contributed by atoms with Crippen molar-refractivity contribution in [3.8, 4) is 11.5 Å². The van der Waals surface area contributed by atoms with Crippen molar-refractivity contribution in [3.63, 3.8) is 0 Å². The number of nitrogens with zero attached hydrogens (tertiary/aromatic N) is 2. The van der Waals surface area contributed by atoms with E-state index in [4.69, 9.17) is 21.7 Å². The van der Waals surface area contributed by atoms with Crippen LogP contribution in [0.4, 0.5) is 5.69 Å². The Morgan fingerprint density at radius 2 is 1.97 bits per heavy atom. The number of hydrogen-bond donors (Lipinski definition) is 1. The molecule has 0 spiro atoms. The zero-order valence-electron chi connectivity index (χ0n) is 17.5. The summed E-state index contributed by atoms with van der Waals surface area (Å²) in [6.45, 7) is 4.79. The van der Waals surface area contributed by atoms with E-state index >= 15 is 0 Å². The molecule has 1 aromatic rings. The predicted octanol–water partition coefficient (Wildman–Crippen LogP) is 4.05. The lowest BCUT2D eigenvalue weighted by Crippen LogP contribution is -2.60. The van der Waals surface area contributed by atoms with E-state index in [1.807, 2.05) is 18.2 Å². The molecular weight excluding hydrogens is 394 g/mol. The van der Waals surface area contributed by atoms with Crippen molar-refractivity contribution in [1.82, 2.24) is 9.80 Å². The van der Waals surface area contributed by atoms with Crippen molar-refractivity contribution in [2.75, 3.05) is 38.2 Å². The van der Waals surface area contributed by atoms with E-state index in [0.717, 1.165) is 40.8 Å². The lowest BCUT2D eigenvalue weighted by molar-refractivity contribution is 0.0132. The van der Waals surface area contributed by atoms with Crippen LogP contribution in [0.1, 0.15) is 38.5 Å².